The minimum absolute atomic E-state index is 0.274. The fourth-order valence-electron chi connectivity index (χ4n) is 1.16. The van der Waals surface area contributed by atoms with Crippen LogP contribution in [0.1, 0.15) is 11.1 Å². The zero-order valence-electron chi connectivity index (χ0n) is 8.37. The number of rotatable bonds is 3. The Morgan fingerprint density at radius 2 is 2.20 bits per heavy atom. The van der Waals surface area contributed by atoms with Crippen molar-refractivity contribution in [1.82, 2.24) is 0 Å². The smallest absolute Gasteiger partial charge is 0.115 e. The summed E-state index contributed by atoms with van der Waals surface area (Å²) in [6.45, 7) is 1.94. The van der Waals surface area contributed by atoms with Crippen LogP contribution in [0.3, 0.4) is 0 Å². The van der Waals surface area contributed by atoms with E-state index in [0.29, 0.717) is 0 Å². The summed E-state index contributed by atoms with van der Waals surface area (Å²) in [5.74, 6) is 0.274. The lowest BCUT2D eigenvalue weighted by atomic mass is 10.1. The number of allylic oxidation sites excluding steroid dienone is 3. The van der Waals surface area contributed by atoms with Crippen LogP contribution in [0.5, 0.6) is 5.75 Å². The molecule has 0 bridgehead atoms. The van der Waals surface area contributed by atoms with E-state index in [9.17, 15) is 5.11 Å². The number of phenolic OH excluding ortho intramolecular Hbond substituents is 1. The number of benzene rings is 1. The Morgan fingerprint density at radius 1 is 1.47 bits per heavy atom. The van der Waals surface area contributed by atoms with Gasteiger partial charge in [0.05, 0.1) is 0 Å². The summed E-state index contributed by atoms with van der Waals surface area (Å²) in [6.07, 6.45) is 6.59. The van der Waals surface area contributed by atoms with Gasteiger partial charge in [-0.3, -0.25) is 0 Å². The van der Waals surface area contributed by atoms with Crippen molar-refractivity contribution in [2.24, 2.45) is 0 Å². The number of aryl methyl sites for hydroxylation is 1. The van der Waals surface area contributed by atoms with E-state index in [0.717, 1.165) is 15.6 Å². The molecule has 2 nitrogen and oxygen atoms in total. The van der Waals surface area contributed by atoms with Gasteiger partial charge in [0.2, 0.25) is 0 Å². The molecule has 1 rings (SSSR count). The lowest BCUT2D eigenvalue weighted by Crippen LogP contribution is -1.80. The van der Waals surface area contributed by atoms with Crippen molar-refractivity contribution >= 4 is 28.2 Å². The Bertz CT molecular complexity index is 422. The third kappa shape index (κ3) is 3.72. The second kappa shape index (κ2) is 5.51. The molecule has 0 saturated heterocycles. The van der Waals surface area contributed by atoms with Crippen LogP contribution in [-0.2, 0) is 0 Å². The van der Waals surface area contributed by atoms with Gasteiger partial charge in [0.15, 0.2) is 0 Å². The van der Waals surface area contributed by atoms with Crippen molar-refractivity contribution < 1.29 is 5.11 Å². The van der Waals surface area contributed by atoms with E-state index in [1.807, 2.05) is 19.1 Å². The number of hydrogen-bond acceptors (Lipinski definition) is 2. The first-order chi connectivity index (χ1) is 7.13. The highest BCUT2D eigenvalue weighted by atomic mass is 79.9. The van der Waals surface area contributed by atoms with Gasteiger partial charge in [-0.25, -0.2) is 0 Å². The molecule has 0 aliphatic heterocycles. The maximum Gasteiger partial charge on any atom is 0.115 e. The summed E-state index contributed by atoms with van der Waals surface area (Å²) in [5.41, 5.74) is 2.05. The van der Waals surface area contributed by atoms with Crippen LogP contribution in [-0.4, -0.2) is 11.3 Å². The molecule has 0 unspecified atom stereocenters. The number of phenols is 1. The Hall–Kier alpha value is -1.35. The molecule has 0 atom stereocenters. The molecule has 0 aliphatic rings. The zero-order valence-corrected chi connectivity index (χ0v) is 9.95. The summed E-state index contributed by atoms with van der Waals surface area (Å²) >= 11 is 3.38. The van der Waals surface area contributed by atoms with E-state index in [1.54, 1.807) is 24.3 Å². The summed E-state index contributed by atoms with van der Waals surface area (Å²) in [5, 5.41) is 16.1. The molecule has 0 aliphatic carbocycles. The predicted molar refractivity (Wildman–Crippen MR) is 67.7 cm³/mol. The summed E-state index contributed by atoms with van der Waals surface area (Å²) < 4.78 is 0.889. The molecule has 0 saturated carbocycles. The Labute approximate surface area is 97.6 Å². The van der Waals surface area contributed by atoms with Crippen LogP contribution >= 0.6 is 15.9 Å². The van der Waals surface area contributed by atoms with Gasteiger partial charge >= 0.3 is 0 Å². The molecule has 0 spiro atoms. The molecule has 0 amide bonds. The van der Waals surface area contributed by atoms with Crippen molar-refractivity contribution in [1.29, 1.82) is 5.41 Å². The monoisotopic (exact) mass is 265 g/mol. The normalized spacial score (nSPS) is 12.0. The highest BCUT2D eigenvalue weighted by Crippen LogP contribution is 2.20. The molecule has 2 N–H and O–H groups in total. The second-order valence-electron chi connectivity index (χ2n) is 3.10. The Balaban J connectivity index is 2.97. The first-order valence-corrected chi connectivity index (χ1v) is 5.26. The maximum absolute atomic E-state index is 9.24. The van der Waals surface area contributed by atoms with E-state index in [4.69, 9.17) is 5.41 Å². The predicted octanol–water partition coefficient (Wildman–Crippen LogP) is 3.64. The maximum atomic E-state index is 9.24. The molecule has 78 valence electrons. The molecule has 15 heavy (non-hydrogen) atoms. The molecule has 0 radical (unpaired) electrons. The fraction of sp³-hybridized carbons (Fsp3) is 0.0833. The average Bonchev–Trinajstić information content (AvgIpc) is 2.19. The molecule has 1 aromatic rings. The van der Waals surface area contributed by atoms with Gasteiger partial charge < -0.3 is 10.5 Å². The molecular formula is C12H12BrNO. The Kier molecular flexibility index (Phi) is 4.31. The van der Waals surface area contributed by atoms with Crippen molar-refractivity contribution in [3.63, 3.8) is 0 Å². The van der Waals surface area contributed by atoms with Crippen LogP contribution in [0.4, 0.5) is 0 Å². The topological polar surface area (TPSA) is 44.1 Å². The first kappa shape index (κ1) is 11.7. The van der Waals surface area contributed by atoms with E-state index < -0.39 is 0 Å². The average molecular weight is 266 g/mol. The number of hydrogen-bond donors (Lipinski definition) is 2. The molecule has 1 aromatic carbocycles. The van der Waals surface area contributed by atoms with Gasteiger partial charge in [0, 0.05) is 10.7 Å². The van der Waals surface area contributed by atoms with Gasteiger partial charge in [-0.05, 0) is 48.4 Å². The Morgan fingerprint density at radius 3 is 2.80 bits per heavy atom. The van der Waals surface area contributed by atoms with Crippen LogP contribution in [0, 0.1) is 12.3 Å². The van der Waals surface area contributed by atoms with Crippen LogP contribution in [0.2, 0.25) is 0 Å². The third-order valence-electron chi connectivity index (χ3n) is 1.90. The standard InChI is InChI=1S/C12H12BrNO/c1-9-7-12(15)5-4-10(9)8-11(13)3-2-6-14/h2-8,14-15H,1H3/b3-2-,11-8-,14-6?. The van der Waals surface area contributed by atoms with E-state index >= 15 is 0 Å². The van der Waals surface area contributed by atoms with E-state index in [1.165, 1.54) is 6.21 Å². The van der Waals surface area contributed by atoms with Crippen molar-refractivity contribution in [2.45, 2.75) is 6.92 Å². The van der Waals surface area contributed by atoms with Crippen molar-refractivity contribution in [3.8, 4) is 5.75 Å². The summed E-state index contributed by atoms with van der Waals surface area (Å²) in [7, 11) is 0. The van der Waals surface area contributed by atoms with Crippen LogP contribution < -0.4 is 0 Å². The van der Waals surface area contributed by atoms with Gasteiger partial charge in [-0.15, -0.1) is 0 Å². The van der Waals surface area contributed by atoms with Gasteiger partial charge in [-0.1, -0.05) is 22.0 Å². The highest BCUT2D eigenvalue weighted by Gasteiger charge is 1.96. The quantitative estimate of drug-likeness (QED) is 0.636. The molecule has 3 heteroatoms. The lowest BCUT2D eigenvalue weighted by Gasteiger charge is -2.01. The van der Waals surface area contributed by atoms with Crippen molar-refractivity contribution in [3.05, 3.63) is 46.0 Å². The minimum Gasteiger partial charge on any atom is -0.508 e. The molecule has 0 heterocycles. The zero-order chi connectivity index (χ0) is 11.3. The van der Waals surface area contributed by atoms with E-state index in [-0.39, 0.29) is 5.75 Å². The summed E-state index contributed by atoms with van der Waals surface area (Å²) in [4.78, 5) is 0. The third-order valence-corrected chi connectivity index (χ3v) is 2.39. The SMILES string of the molecule is Cc1cc(O)ccc1/C=C(Br)/C=C\C=N. The minimum atomic E-state index is 0.274. The summed E-state index contributed by atoms with van der Waals surface area (Å²) in [6, 6.07) is 5.22. The van der Waals surface area contributed by atoms with Crippen LogP contribution in [0.25, 0.3) is 6.08 Å². The molecule has 0 aromatic heterocycles. The fourth-order valence-corrected chi connectivity index (χ4v) is 1.56. The van der Waals surface area contributed by atoms with E-state index in [2.05, 4.69) is 15.9 Å². The number of halogens is 1. The lowest BCUT2D eigenvalue weighted by molar-refractivity contribution is 0.475. The number of nitrogens with one attached hydrogen (secondary N) is 1. The second-order valence-corrected chi connectivity index (χ2v) is 4.01. The van der Waals surface area contributed by atoms with Gasteiger partial charge in [-0.2, -0.15) is 0 Å². The first-order valence-electron chi connectivity index (χ1n) is 4.47. The molecular weight excluding hydrogens is 254 g/mol. The van der Waals surface area contributed by atoms with Gasteiger partial charge in [0.25, 0.3) is 0 Å². The highest BCUT2D eigenvalue weighted by molar-refractivity contribution is 9.12. The largest absolute Gasteiger partial charge is 0.508 e. The van der Waals surface area contributed by atoms with Crippen LogP contribution in [0.15, 0.2) is 34.8 Å². The molecule has 0 fully saturated rings. The van der Waals surface area contributed by atoms with Gasteiger partial charge in [0.1, 0.15) is 5.75 Å². The van der Waals surface area contributed by atoms with Crippen molar-refractivity contribution in [2.75, 3.05) is 0 Å². The number of aromatic hydroxyl groups is 1.